The molecule has 1 aromatic heterocycles. The van der Waals surface area contributed by atoms with Gasteiger partial charge in [-0.1, -0.05) is 18.2 Å². The van der Waals surface area contributed by atoms with Crippen molar-refractivity contribution < 1.29 is 18.4 Å². The molecule has 0 fully saturated rings. The maximum Gasteiger partial charge on any atom is 0.233 e. The van der Waals surface area contributed by atoms with Crippen molar-refractivity contribution in [1.82, 2.24) is 4.98 Å². The maximum atomic E-state index is 13.5. The Kier molecular flexibility index (Phi) is 4.65. The van der Waals surface area contributed by atoms with Crippen LogP contribution < -0.4 is 10.6 Å². The minimum absolute atomic E-state index is 0.189. The van der Waals surface area contributed by atoms with Crippen LogP contribution in [0.25, 0.3) is 10.9 Å². The zero-order valence-corrected chi connectivity index (χ0v) is 12.9. The number of halogens is 2. The molecule has 1 heterocycles. The average Bonchev–Trinajstić information content (AvgIpc) is 2.57. The van der Waals surface area contributed by atoms with Gasteiger partial charge in [-0.25, -0.2) is 8.78 Å². The third-order valence-electron chi connectivity index (χ3n) is 3.43. The highest BCUT2D eigenvalue weighted by Crippen LogP contribution is 2.21. The first kappa shape index (κ1) is 16.5. The fraction of sp³-hybridized carbons (Fsp3) is 0.0556. The van der Waals surface area contributed by atoms with Gasteiger partial charge in [0, 0.05) is 17.6 Å². The van der Waals surface area contributed by atoms with Crippen molar-refractivity contribution in [3.05, 3.63) is 66.4 Å². The third kappa shape index (κ3) is 3.95. The normalized spacial score (nSPS) is 10.5. The molecule has 2 aromatic carbocycles. The van der Waals surface area contributed by atoms with Gasteiger partial charge < -0.3 is 10.6 Å². The van der Waals surface area contributed by atoms with E-state index in [9.17, 15) is 18.4 Å². The van der Waals surface area contributed by atoms with Crippen molar-refractivity contribution in [2.75, 3.05) is 10.6 Å². The average molecular weight is 341 g/mol. The predicted octanol–water partition coefficient (Wildman–Crippen LogP) is 3.48. The van der Waals surface area contributed by atoms with E-state index >= 15 is 0 Å². The Balaban J connectivity index is 1.66. The van der Waals surface area contributed by atoms with Gasteiger partial charge in [-0.05, 0) is 24.3 Å². The van der Waals surface area contributed by atoms with Gasteiger partial charge in [0.2, 0.25) is 11.8 Å². The van der Waals surface area contributed by atoms with Crippen LogP contribution in [0.3, 0.4) is 0 Å². The van der Waals surface area contributed by atoms with Crippen LogP contribution >= 0.6 is 0 Å². The highest BCUT2D eigenvalue weighted by Gasteiger charge is 2.13. The molecule has 0 bridgehead atoms. The van der Waals surface area contributed by atoms with Gasteiger partial charge in [0.1, 0.15) is 18.1 Å². The lowest BCUT2D eigenvalue weighted by atomic mass is 10.2. The summed E-state index contributed by atoms with van der Waals surface area (Å²) >= 11 is 0. The zero-order valence-electron chi connectivity index (χ0n) is 12.9. The summed E-state index contributed by atoms with van der Waals surface area (Å²) in [6, 6.07) is 11.7. The minimum Gasteiger partial charge on any atom is -0.324 e. The number of pyridine rings is 1. The molecule has 0 spiro atoms. The molecule has 3 aromatic rings. The Morgan fingerprint density at radius 2 is 1.64 bits per heavy atom. The number of amides is 2. The summed E-state index contributed by atoms with van der Waals surface area (Å²) in [6.07, 6.45) is 1.09. The van der Waals surface area contributed by atoms with E-state index in [1.54, 1.807) is 24.4 Å². The van der Waals surface area contributed by atoms with Crippen LogP contribution in [0.1, 0.15) is 6.42 Å². The number of nitrogens with one attached hydrogen (secondary N) is 2. The lowest BCUT2D eigenvalue weighted by Gasteiger charge is -2.09. The standard InChI is InChI=1S/C18H13F2N3O2/c19-12-6-7-14(13(20)9-12)22-16(24)10-17(25)23-15-5-1-3-11-4-2-8-21-18(11)15/h1-9H,10H2,(H,22,24)(H,23,25). The molecule has 0 saturated heterocycles. The van der Waals surface area contributed by atoms with Crippen LogP contribution in [0.5, 0.6) is 0 Å². The van der Waals surface area contributed by atoms with E-state index in [0.29, 0.717) is 17.3 Å². The lowest BCUT2D eigenvalue weighted by Crippen LogP contribution is -2.22. The quantitative estimate of drug-likeness (QED) is 0.714. The summed E-state index contributed by atoms with van der Waals surface area (Å²) in [5.41, 5.74) is 0.887. The molecule has 0 radical (unpaired) electrons. The Bertz CT molecular complexity index is 955. The van der Waals surface area contributed by atoms with Gasteiger partial charge in [0.15, 0.2) is 0 Å². The van der Waals surface area contributed by atoms with E-state index in [0.717, 1.165) is 17.5 Å². The van der Waals surface area contributed by atoms with Crippen molar-refractivity contribution >= 4 is 34.1 Å². The molecule has 0 aliphatic carbocycles. The molecule has 0 saturated carbocycles. The van der Waals surface area contributed by atoms with E-state index in [4.69, 9.17) is 0 Å². The van der Waals surface area contributed by atoms with Gasteiger partial charge in [-0.2, -0.15) is 0 Å². The van der Waals surface area contributed by atoms with Crippen molar-refractivity contribution in [1.29, 1.82) is 0 Å². The molecule has 7 heteroatoms. The molecule has 0 aliphatic rings. The summed E-state index contributed by atoms with van der Waals surface area (Å²) < 4.78 is 26.3. The SMILES string of the molecule is O=C(CC(=O)Nc1cccc2cccnc12)Nc1ccc(F)cc1F. The van der Waals surface area contributed by atoms with Crippen LogP contribution in [0.15, 0.2) is 54.7 Å². The molecular formula is C18H13F2N3O2. The summed E-state index contributed by atoms with van der Waals surface area (Å²) in [6.45, 7) is 0. The number of carbonyl (C=O) groups excluding carboxylic acids is 2. The van der Waals surface area contributed by atoms with Crippen LogP contribution in [-0.4, -0.2) is 16.8 Å². The first-order chi connectivity index (χ1) is 12.0. The third-order valence-corrected chi connectivity index (χ3v) is 3.43. The first-order valence-electron chi connectivity index (χ1n) is 7.41. The van der Waals surface area contributed by atoms with E-state index in [1.807, 2.05) is 12.1 Å². The molecule has 5 nitrogen and oxygen atoms in total. The lowest BCUT2D eigenvalue weighted by molar-refractivity contribution is -0.123. The van der Waals surface area contributed by atoms with Crippen LogP contribution in [-0.2, 0) is 9.59 Å². The smallest absolute Gasteiger partial charge is 0.233 e. The van der Waals surface area contributed by atoms with Crippen molar-refractivity contribution in [3.63, 3.8) is 0 Å². The molecule has 25 heavy (non-hydrogen) atoms. The number of hydrogen-bond acceptors (Lipinski definition) is 3. The molecule has 3 rings (SSSR count). The van der Waals surface area contributed by atoms with Gasteiger partial charge >= 0.3 is 0 Å². The van der Waals surface area contributed by atoms with E-state index in [1.165, 1.54) is 0 Å². The van der Waals surface area contributed by atoms with E-state index in [-0.39, 0.29) is 5.69 Å². The van der Waals surface area contributed by atoms with E-state index in [2.05, 4.69) is 15.6 Å². The van der Waals surface area contributed by atoms with Gasteiger partial charge in [0.25, 0.3) is 0 Å². The first-order valence-corrected chi connectivity index (χ1v) is 7.41. The van der Waals surface area contributed by atoms with Crippen LogP contribution in [0, 0.1) is 11.6 Å². The van der Waals surface area contributed by atoms with Crippen molar-refractivity contribution in [2.45, 2.75) is 6.42 Å². The predicted molar refractivity (Wildman–Crippen MR) is 90.0 cm³/mol. The number of aromatic nitrogens is 1. The van der Waals surface area contributed by atoms with Crippen LogP contribution in [0.2, 0.25) is 0 Å². The summed E-state index contributed by atoms with van der Waals surface area (Å²) in [7, 11) is 0. The van der Waals surface area contributed by atoms with Gasteiger partial charge in [-0.15, -0.1) is 0 Å². The summed E-state index contributed by atoms with van der Waals surface area (Å²) in [5.74, 6) is -2.95. The monoisotopic (exact) mass is 341 g/mol. The second-order valence-electron chi connectivity index (χ2n) is 5.28. The highest BCUT2D eigenvalue weighted by molar-refractivity contribution is 6.10. The number of carbonyl (C=O) groups is 2. The molecule has 0 unspecified atom stereocenters. The summed E-state index contributed by atoms with van der Waals surface area (Å²) in [4.78, 5) is 28.1. The Morgan fingerprint density at radius 1 is 0.920 bits per heavy atom. The highest BCUT2D eigenvalue weighted by atomic mass is 19.1. The van der Waals surface area contributed by atoms with Gasteiger partial charge in [0.05, 0.1) is 16.9 Å². The molecule has 0 atom stereocenters. The Labute approximate surface area is 141 Å². The number of nitrogens with zero attached hydrogens (tertiary/aromatic N) is 1. The largest absolute Gasteiger partial charge is 0.324 e. The Morgan fingerprint density at radius 3 is 2.40 bits per heavy atom. The zero-order chi connectivity index (χ0) is 17.8. The number of fused-ring (bicyclic) bond motifs is 1. The number of anilines is 2. The maximum absolute atomic E-state index is 13.5. The Hall–Kier alpha value is -3.35. The van der Waals surface area contributed by atoms with E-state index < -0.39 is 29.9 Å². The van der Waals surface area contributed by atoms with Crippen molar-refractivity contribution in [3.8, 4) is 0 Å². The molecular weight excluding hydrogens is 328 g/mol. The van der Waals surface area contributed by atoms with Crippen LogP contribution in [0.4, 0.5) is 20.2 Å². The van der Waals surface area contributed by atoms with Crippen molar-refractivity contribution in [2.24, 2.45) is 0 Å². The van der Waals surface area contributed by atoms with Gasteiger partial charge in [-0.3, -0.25) is 14.6 Å². The molecule has 126 valence electrons. The topological polar surface area (TPSA) is 71.1 Å². The second-order valence-corrected chi connectivity index (χ2v) is 5.28. The molecule has 2 amide bonds. The molecule has 2 N–H and O–H groups in total. The number of benzene rings is 2. The minimum atomic E-state index is -0.910. The fourth-order valence-electron chi connectivity index (χ4n) is 2.33. The second kappa shape index (κ2) is 7.04. The fourth-order valence-corrected chi connectivity index (χ4v) is 2.33. The summed E-state index contributed by atoms with van der Waals surface area (Å²) in [5, 5.41) is 5.69. The number of para-hydroxylation sites is 1. The molecule has 0 aliphatic heterocycles. The number of rotatable bonds is 4. The number of hydrogen-bond donors (Lipinski definition) is 2.